The summed E-state index contributed by atoms with van der Waals surface area (Å²) in [6.07, 6.45) is -0.718. The van der Waals surface area contributed by atoms with Gasteiger partial charge in [-0.15, -0.1) is 11.3 Å². The standard InChI is InChI=1S/C9H14N2O3S3/c1-6(12)5-11(2)17(13,14)8-4-3-7(16-8)9(10)15/h3-4,6,12H,5H2,1-2H3,(H2,10,15). The molecule has 0 amide bonds. The van der Waals surface area contributed by atoms with Gasteiger partial charge in [0.15, 0.2) is 0 Å². The lowest BCUT2D eigenvalue weighted by atomic mass is 10.4. The van der Waals surface area contributed by atoms with Gasteiger partial charge in [0, 0.05) is 13.6 Å². The van der Waals surface area contributed by atoms with Crippen LogP contribution in [0.4, 0.5) is 0 Å². The van der Waals surface area contributed by atoms with E-state index in [4.69, 9.17) is 18.0 Å². The van der Waals surface area contributed by atoms with E-state index in [-0.39, 0.29) is 15.7 Å². The van der Waals surface area contributed by atoms with Crippen molar-refractivity contribution < 1.29 is 13.5 Å². The second-order valence-corrected chi connectivity index (χ2v) is 7.41. The first-order valence-electron chi connectivity index (χ1n) is 4.79. The molecule has 17 heavy (non-hydrogen) atoms. The van der Waals surface area contributed by atoms with Crippen molar-refractivity contribution in [3.63, 3.8) is 0 Å². The lowest BCUT2D eigenvalue weighted by molar-refractivity contribution is 0.171. The number of hydrogen-bond donors (Lipinski definition) is 2. The zero-order chi connectivity index (χ0) is 13.2. The second kappa shape index (κ2) is 5.40. The van der Waals surface area contributed by atoms with E-state index in [9.17, 15) is 13.5 Å². The van der Waals surface area contributed by atoms with E-state index in [0.29, 0.717) is 4.88 Å². The van der Waals surface area contributed by atoms with Crippen molar-refractivity contribution >= 4 is 38.6 Å². The van der Waals surface area contributed by atoms with E-state index in [1.54, 1.807) is 6.07 Å². The first kappa shape index (κ1) is 14.5. The topological polar surface area (TPSA) is 83.6 Å². The van der Waals surface area contributed by atoms with Gasteiger partial charge in [-0.2, -0.15) is 4.31 Å². The highest BCUT2D eigenvalue weighted by Crippen LogP contribution is 2.24. The van der Waals surface area contributed by atoms with E-state index in [2.05, 4.69) is 0 Å². The summed E-state index contributed by atoms with van der Waals surface area (Å²) in [5.74, 6) is 0. The van der Waals surface area contributed by atoms with Crippen molar-refractivity contribution in [3.8, 4) is 0 Å². The summed E-state index contributed by atoms with van der Waals surface area (Å²) in [4.78, 5) is 0.735. The average Bonchev–Trinajstić information content (AvgIpc) is 2.65. The lowest BCUT2D eigenvalue weighted by Gasteiger charge is -2.17. The molecule has 0 aliphatic rings. The number of aliphatic hydroxyl groups is 1. The number of thiocarbonyl (C=S) groups is 1. The Morgan fingerprint density at radius 2 is 2.24 bits per heavy atom. The normalized spacial score (nSPS) is 13.9. The molecule has 96 valence electrons. The summed E-state index contributed by atoms with van der Waals surface area (Å²) in [5, 5.41) is 9.18. The third-order valence-electron chi connectivity index (χ3n) is 2.01. The molecule has 1 unspecified atom stereocenters. The first-order valence-corrected chi connectivity index (χ1v) is 7.45. The van der Waals surface area contributed by atoms with Crippen LogP contribution in [0.1, 0.15) is 11.8 Å². The molecule has 1 atom stereocenters. The third-order valence-corrected chi connectivity index (χ3v) is 5.77. The van der Waals surface area contributed by atoms with Crippen LogP contribution < -0.4 is 5.73 Å². The molecule has 1 aromatic heterocycles. The van der Waals surface area contributed by atoms with Crippen LogP contribution in [0.15, 0.2) is 16.3 Å². The van der Waals surface area contributed by atoms with E-state index in [0.717, 1.165) is 15.6 Å². The number of likely N-dealkylation sites (N-methyl/N-ethyl adjacent to an activating group) is 1. The van der Waals surface area contributed by atoms with E-state index < -0.39 is 16.1 Å². The van der Waals surface area contributed by atoms with Gasteiger partial charge in [-0.05, 0) is 19.1 Å². The molecule has 1 rings (SSSR count). The summed E-state index contributed by atoms with van der Waals surface area (Å²) in [5.41, 5.74) is 5.42. The largest absolute Gasteiger partial charge is 0.392 e. The maximum absolute atomic E-state index is 12.0. The van der Waals surface area contributed by atoms with Gasteiger partial charge in [0.25, 0.3) is 10.0 Å². The molecule has 3 N–H and O–H groups in total. The van der Waals surface area contributed by atoms with Crippen LogP contribution in [-0.2, 0) is 10.0 Å². The number of hydrogen-bond acceptors (Lipinski definition) is 5. The van der Waals surface area contributed by atoms with Crippen molar-refractivity contribution in [1.29, 1.82) is 0 Å². The van der Waals surface area contributed by atoms with Gasteiger partial charge in [0.2, 0.25) is 0 Å². The third kappa shape index (κ3) is 3.46. The zero-order valence-corrected chi connectivity index (χ0v) is 11.9. The van der Waals surface area contributed by atoms with Crippen LogP contribution in [-0.4, -0.2) is 42.5 Å². The highest BCUT2D eigenvalue weighted by atomic mass is 32.2. The Balaban J connectivity index is 3.00. The molecule has 0 aliphatic carbocycles. The van der Waals surface area contributed by atoms with E-state index in [1.165, 1.54) is 20.0 Å². The fourth-order valence-corrected chi connectivity index (χ4v) is 4.03. The number of nitrogens with two attached hydrogens (primary N) is 1. The molecule has 5 nitrogen and oxygen atoms in total. The monoisotopic (exact) mass is 294 g/mol. The van der Waals surface area contributed by atoms with Crippen molar-refractivity contribution in [1.82, 2.24) is 4.31 Å². The summed E-state index contributed by atoms with van der Waals surface area (Å²) < 4.78 is 25.4. The minimum absolute atomic E-state index is 0.0443. The Morgan fingerprint density at radius 3 is 2.65 bits per heavy atom. The Bertz CT molecular complexity index is 507. The van der Waals surface area contributed by atoms with Crippen molar-refractivity contribution in [2.24, 2.45) is 5.73 Å². The molecule has 0 radical (unpaired) electrons. The predicted molar refractivity (Wildman–Crippen MR) is 71.7 cm³/mol. The van der Waals surface area contributed by atoms with Gasteiger partial charge < -0.3 is 10.8 Å². The molecule has 1 aromatic rings. The molecule has 0 fully saturated rings. The van der Waals surface area contributed by atoms with Crippen LogP contribution in [0.25, 0.3) is 0 Å². The Morgan fingerprint density at radius 1 is 1.65 bits per heavy atom. The Hall–Kier alpha value is -0.540. The number of sulfonamides is 1. The molecular formula is C9H14N2O3S3. The predicted octanol–water partition coefficient (Wildman–Crippen LogP) is 0.384. The van der Waals surface area contributed by atoms with Crippen LogP contribution in [0, 0.1) is 0 Å². The maximum Gasteiger partial charge on any atom is 0.252 e. The van der Waals surface area contributed by atoms with Crippen LogP contribution in [0.2, 0.25) is 0 Å². The quantitative estimate of drug-likeness (QED) is 0.767. The van der Waals surface area contributed by atoms with Crippen LogP contribution in [0.5, 0.6) is 0 Å². The number of rotatable bonds is 5. The summed E-state index contributed by atoms with van der Waals surface area (Å²) in [7, 11) is -2.15. The highest BCUT2D eigenvalue weighted by molar-refractivity contribution is 7.91. The number of thiophene rings is 1. The molecule has 0 spiro atoms. The molecule has 8 heteroatoms. The molecule has 0 saturated carbocycles. The van der Waals surface area contributed by atoms with Gasteiger partial charge in [-0.3, -0.25) is 0 Å². The number of nitrogens with zero attached hydrogens (tertiary/aromatic N) is 1. The molecule has 0 aliphatic heterocycles. The van der Waals surface area contributed by atoms with Crippen molar-refractivity contribution in [2.45, 2.75) is 17.2 Å². The van der Waals surface area contributed by atoms with Gasteiger partial charge in [-0.1, -0.05) is 12.2 Å². The van der Waals surface area contributed by atoms with Gasteiger partial charge in [0.1, 0.15) is 9.20 Å². The van der Waals surface area contributed by atoms with Crippen LogP contribution >= 0.6 is 23.6 Å². The number of aliphatic hydroxyl groups excluding tert-OH is 1. The zero-order valence-electron chi connectivity index (χ0n) is 9.45. The Kier molecular flexibility index (Phi) is 4.62. The van der Waals surface area contributed by atoms with Crippen LogP contribution in [0.3, 0.4) is 0 Å². The Labute approximate surface area is 110 Å². The molecule has 0 aromatic carbocycles. The van der Waals surface area contributed by atoms with Gasteiger partial charge in [-0.25, -0.2) is 8.42 Å². The smallest absolute Gasteiger partial charge is 0.252 e. The van der Waals surface area contributed by atoms with Crippen molar-refractivity contribution in [2.75, 3.05) is 13.6 Å². The summed E-state index contributed by atoms with van der Waals surface area (Å²) in [6.45, 7) is 1.57. The van der Waals surface area contributed by atoms with E-state index >= 15 is 0 Å². The molecular weight excluding hydrogens is 280 g/mol. The molecule has 0 bridgehead atoms. The minimum atomic E-state index is -3.57. The summed E-state index contributed by atoms with van der Waals surface area (Å²) in [6, 6.07) is 3.04. The fraction of sp³-hybridized carbons (Fsp3) is 0.444. The minimum Gasteiger partial charge on any atom is -0.392 e. The first-order chi connectivity index (χ1) is 7.75. The summed E-state index contributed by atoms with van der Waals surface area (Å²) >= 11 is 5.80. The van der Waals surface area contributed by atoms with Crippen molar-refractivity contribution in [3.05, 3.63) is 17.0 Å². The van der Waals surface area contributed by atoms with Gasteiger partial charge in [0.05, 0.1) is 11.0 Å². The molecule has 1 heterocycles. The average molecular weight is 294 g/mol. The van der Waals surface area contributed by atoms with Gasteiger partial charge >= 0.3 is 0 Å². The second-order valence-electron chi connectivity index (χ2n) is 3.62. The highest BCUT2D eigenvalue weighted by Gasteiger charge is 2.24. The molecule has 0 saturated heterocycles. The maximum atomic E-state index is 12.0. The van der Waals surface area contributed by atoms with E-state index in [1.807, 2.05) is 0 Å². The fourth-order valence-electron chi connectivity index (χ4n) is 1.22. The SMILES string of the molecule is CC(O)CN(C)S(=O)(=O)c1ccc(C(N)=S)s1. The lowest BCUT2D eigenvalue weighted by Crippen LogP contribution is -2.32.